The van der Waals surface area contributed by atoms with Crippen molar-refractivity contribution in [1.29, 1.82) is 0 Å². The van der Waals surface area contributed by atoms with E-state index in [0.29, 0.717) is 23.7 Å². The Labute approximate surface area is 165 Å². The zero-order chi connectivity index (χ0) is 21.0. The van der Waals surface area contributed by atoms with E-state index in [1.807, 2.05) is 6.92 Å². The number of carbonyl (C=O) groups excluding carboxylic acids is 2. The maximum atomic E-state index is 12.5. The molecule has 1 N–H and O–H groups in total. The third-order valence-corrected chi connectivity index (χ3v) is 4.31. The number of hydrogen-bond donors (Lipinski definition) is 1. The van der Waals surface area contributed by atoms with E-state index >= 15 is 0 Å². The van der Waals surface area contributed by atoms with E-state index in [2.05, 4.69) is 10.1 Å². The Kier molecular flexibility index (Phi) is 5.95. The van der Waals surface area contributed by atoms with E-state index in [9.17, 15) is 22.8 Å². The summed E-state index contributed by atoms with van der Waals surface area (Å²) in [5.41, 5.74) is 0.911. The highest BCUT2D eigenvalue weighted by atomic mass is 19.4. The van der Waals surface area contributed by atoms with Crippen molar-refractivity contribution in [2.75, 3.05) is 23.4 Å². The molecule has 0 aromatic heterocycles. The predicted molar refractivity (Wildman–Crippen MR) is 99.8 cm³/mol. The number of rotatable bonds is 6. The number of anilines is 2. The van der Waals surface area contributed by atoms with Crippen LogP contribution in [0, 0.1) is 5.92 Å². The third-order valence-electron chi connectivity index (χ3n) is 4.31. The second-order valence-electron chi connectivity index (χ2n) is 6.37. The lowest BCUT2D eigenvalue weighted by molar-refractivity contribution is -0.274. The first-order valence-corrected chi connectivity index (χ1v) is 8.95. The summed E-state index contributed by atoms with van der Waals surface area (Å²) in [4.78, 5) is 26.5. The van der Waals surface area contributed by atoms with E-state index < -0.39 is 12.3 Å². The maximum absolute atomic E-state index is 12.5. The van der Waals surface area contributed by atoms with E-state index in [-0.39, 0.29) is 30.5 Å². The lowest BCUT2D eigenvalue weighted by Gasteiger charge is -2.20. The molecule has 1 saturated heterocycles. The van der Waals surface area contributed by atoms with Gasteiger partial charge >= 0.3 is 6.36 Å². The Bertz CT molecular complexity index is 884. The van der Waals surface area contributed by atoms with Crippen LogP contribution in [0.2, 0.25) is 0 Å². The summed E-state index contributed by atoms with van der Waals surface area (Å²) < 4.78 is 46.0. The molecule has 0 bridgehead atoms. The molecule has 2 aromatic rings. The first-order chi connectivity index (χ1) is 13.8. The Morgan fingerprint density at radius 1 is 1.17 bits per heavy atom. The van der Waals surface area contributed by atoms with Gasteiger partial charge in [-0.2, -0.15) is 0 Å². The van der Waals surface area contributed by atoms with Crippen LogP contribution in [0.5, 0.6) is 11.5 Å². The number of halogens is 3. The first-order valence-electron chi connectivity index (χ1n) is 8.95. The first kappa shape index (κ1) is 20.5. The molecule has 0 saturated carbocycles. The topological polar surface area (TPSA) is 67.9 Å². The Morgan fingerprint density at radius 3 is 2.52 bits per heavy atom. The van der Waals surface area contributed by atoms with Crippen LogP contribution >= 0.6 is 0 Å². The minimum atomic E-state index is -4.78. The SMILES string of the molecule is CCOc1ccccc1N1CC(C(=O)Nc2ccc(OC(F)(F)F)cc2)CC1=O. The van der Waals surface area contributed by atoms with Crippen LogP contribution < -0.4 is 19.7 Å². The van der Waals surface area contributed by atoms with Gasteiger partial charge in [0.05, 0.1) is 18.2 Å². The smallest absolute Gasteiger partial charge is 0.492 e. The number of para-hydroxylation sites is 2. The molecule has 1 unspecified atom stereocenters. The predicted octanol–water partition coefficient (Wildman–Crippen LogP) is 3.98. The zero-order valence-electron chi connectivity index (χ0n) is 15.5. The monoisotopic (exact) mass is 408 g/mol. The van der Waals surface area contributed by atoms with Crippen molar-refractivity contribution in [1.82, 2.24) is 0 Å². The molecule has 0 spiro atoms. The highest BCUT2D eigenvalue weighted by molar-refractivity contribution is 6.04. The number of hydrogen-bond acceptors (Lipinski definition) is 4. The van der Waals surface area contributed by atoms with Gasteiger partial charge in [-0.15, -0.1) is 13.2 Å². The van der Waals surface area contributed by atoms with Crippen LogP contribution in [0.3, 0.4) is 0 Å². The normalized spacial score (nSPS) is 16.6. The number of benzene rings is 2. The van der Waals surface area contributed by atoms with Gasteiger partial charge in [-0.1, -0.05) is 12.1 Å². The molecule has 1 fully saturated rings. The van der Waals surface area contributed by atoms with Gasteiger partial charge in [-0.05, 0) is 43.3 Å². The molecule has 9 heteroatoms. The van der Waals surface area contributed by atoms with Gasteiger partial charge in [-0.25, -0.2) is 0 Å². The fourth-order valence-corrected chi connectivity index (χ4v) is 3.06. The summed E-state index contributed by atoms with van der Waals surface area (Å²) in [7, 11) is 0. The molecule has 2 aromatic carbocycles. The second-order valence-corrected chi connectivity index (χ2v) is 6.37. The molecule has 0 radical (unpaired) electrons. The summed E-state index contributed by atoms with van der Waals surface area (Å²) >= 11 is 0. The van der Waals surface area contributed by atoms with E-state index in [1.54, 1.807) is 24.3 Å². The van der Waals surface area contributed by atoms with Crippen LogP contribution in [-0.4, -0.2) is 31.3 Å². The van der Waals surface area contributed by atoms with Crippen LogP contribution in [0.25, 0.3) is 0 Å². The lowest BCUT2D eigenvalue weighted by Crippen LogP contribution is -2.28. The summed E-state index contributed by atoms with van der Waals surface area (Å²) in [5, 5.41) is 2.62. The third kappa shape index (κ3) is 5.18. The number of carbonyl (C=O) groups is 2. The van der Waals surface area contributed by atoms with Crippen LogP contribution in [-0.2, 0) is 9.59 Å². The van der Waals surface area contributed by atoms with Gasteiger partial charge in [0.25, 0.3) is 0 Å². The van der Waals surface area contributed by atoms with Crippen LogP contribution in [0.4, 0.5) is 24.5 Å². The maximum Gasteiger partial charge on any atom is 0.573 e. The Balaban J connectivity index is 1.65. The average Bonchev–Trinajstić information content (AvgIpc) is 3.05. The van der Waals surface area contributed by atoms with Crippen molar-refractivity contribution in [2.45, 2.75) is 19.7 Å². The van der Waals surface area contributed by atoms with Crippen molar-refractivity contribution >= 4 is 23.2 Å². The Morgan fingerprint density at radius 2 is 1.86 bits per heavy atom. The standard InChI is InChI=1S/C20H19F3N2O4/c1-2-28-17-6-4-3-5-16(17)25-12-13(11-18(25)26)19(27)24-14-7-9-15(10-8-14)29-20(21,22)23/h3-10,13H,2,11-12H2,1H3,(H,24,27). The van der Waals surface area contributed by atoms with E-state index in [4.69, 9.17) is 4.74 Å². The fourth-order valence-electron chi connectivity index (χ4n) is 3.06. The van der Waals surface area contributed by atoms with Gasteiger partial charge in [0.1, 0.15) is 11.5 Å². The van der Waals surface area contributed by atoms with Crippen molar-refractivity contribution in [3.05, 3.63) is 48.5 Å². The van der Waals surface area contributed by atoms with Gasteiger partial charge in [0.15, 0.2) is 0 Å². The summed E-state index contributed by atoms with van der Waals surface area (Å²) in [6.45, 7) is 2.46. The number of ether oxygens (including phenoxy) is 2. The summed E-state index contributed by atoms with van der Waals surface area (Å²) in [6, 6.07) is 11.9. The van der Waals surface area contributed by atoms with Crippen LogP contribution in [0.15, 0.2) is 48.5 Å². The van der Waals surface area contributed by atoms with Gasteiger partial charge in [0.2, 0.25) is 11.8 Å². The molecule has 154 valence electrons. The molecule has 1 aliphatic heterocycles. The van der Waals surface area contributed by atoms with Crippen LogP contribution in [0.1, 0.15) is 13.3 Å². The van der Waals surface area contributed by atoms with Crippen molar-refractivity contribution < 1.29 is 32.2 Å². The molecule has 3 rings (SSSR count). The van der Waals surface area contributed by atoms with Gasteiger partial charge < -0.3 is 19.7 Å². The highest BCUT2D eigenvalue weighted by Crippen LogP contribution is 2.33. The number of nitrogens with zero attached hydrogens (tertiary/aromatic N) is 1. The number of alkyl halides is 3. The molecule has 1 heterocycles. The van der Waals surface area contributed by atoms with E-state index in [0.717, 1.165) is 12.1 Å². The molecule has 1 aliphatic rings. The molecule has 6 nitrogen and oxygen atoms in total. The van der Waals surface area contributed by atoms with Crippen molar-refractivity contribution in [3.8, 4) is 11.5 Å². The molecule has 1 atom stereocenters. The van der Waals surface area contributed by atoms with Crippen molar-refractivity contribution in [2.24, 2.45) is 5.92 Å². The Hall–Kier alpha value is -3.23. The quantitative estimate of drug-likeness (QED) is 0.785. The highest BCUT2D eigenvalue weighted by Gasteiger charge is 2.36. The minimum absolute atomic E-state index is 0.0293. The fraction of sp³-hybridized carbons (Fsp3) is 0.300. The molecule has 2 amide bonds. The van der Waals surface area contributed by atoms with E-state index in [1.165, 1.54) is 17.0 Å². The minimum Gasteiger partial charge on any atom is -0.492 e. The molecule has 0 aliphatic carbocycles. The average molecular weight is 408 g/mol. The van der Waals surface area contributed by atoms with Crippen molar-refractivity contribution in [3.63, 3.8) is 0 Å². The van der Waals surface area contributed by atoms with Gasteiger partial charge in [0, 0.05) is 18.7 Å². The number of amides is 2. The van der Waals surface area contributed by atoms with Gasteiger partial charge in [-0.3, -0.25) is 9.59 Å². The summed E-state index contributed by atoms with van der Waals surface area (Å²) in [6.07, 6.45) is -4.75. The lowest BCUT2D eigenvalue weighted by atomic mass is 10.1. The summed E-state index contributed by atoms with van der Waals surface area (Å²) in [5.74, 6) is -1.01. The largest absolute Gasteiger partial charge is 0.573 e. The molecular weight excluding hydrogens is 389 g/mol. The zero-order valence-corrected chi connectivity index (χ0v) is 15.5. The molecule has 29 heavy (non-hydrogen) atoms. The number of nitrogens with one attached hydrogen (secondary N) is 1. The molecular formula is C20H19F3N2O4. The second kappa shape index (κ2) is 8.42.